The van der Waals surface area contributed by atoms with Crippen molar-refractivity contribution in [1.82, 2.24) is 24.5 Å². The summed E-state index contributed by atoms with van der Waals surface area (Å²) in [5.41, 5.74) is 8.96. The quantitative estimate of drug-likeness (QED) is 0.191. The number of furan rings is 1. The van der Waals surface area contributed by atoms with Crippen molar-refractivity contribution in [2.45, 2.75) is 0 Å². The first-order chi connectivity index (χ1) is 23.8. The van der Waals surface area contributed by atoms with Crippen LogP contribution in [0.15, 0.2) is 151 Å². The lowest BCUT2D eigenvalue weighted by atomic mass is 9.83. The molecule has 0 unspecified atom stereocenters. The van der Waals surface area contributed by atoms with Crippen LogP contribution in [0.5, 0.6) is 0 Å². The van der Waals surface area contributed by atoms with Crippen LogP contribution in [0.2, 0.25) is 0 Å². The highest BCUT2D eigenvalue weighted by atomic mass is 16.3. The fourth-order valence-electron chi connectivity index (χ4n) is 6.79. The van der Waals surface area contributed by atoms with Crippen LogP contribution in [0.25, 0.3) is 83.7 Å². The van der Waals surface area contributed by atoms with E-state index in [-0.39, 0.29) is 0 Å². The molecule has 0 aliphatic rings. The van der Waals surface area contributed by atoms with Gasteiger partial charge in [0.1, 0.15) is 11.7 Å². The summed E-state index contributed by atoms with van der Waals surface area (Å²) in [4.78, 5) is 19.4. The Kier molecular flexibility index (Phi) is 6.37. The Labute approximate surface area is 275 Å². The van der Waals surface area contributed by atoms with E-state index in [1.54, 1.807) is 24.8 Å². The van der Waals surface area contributed by atoms with Crippen molar-refractivity contribution in [2.24, 2.45) is 0 Å². The van der Waals surface area contributed by atoms with Crippen LogP contribution in [0.4, 0.5) is 0 Å². The summed E-state index contributed by atoms with van der Waals surface area (Å²) < 4.78 is 8.88. The summed E-state index contributed by atoms with van der Waals surface area (Å²) in [5.74, 6) is 0. The monoisotopic (exact) mass is 616 g/mol. The van der Waals surface area contributed by atoms with Crippen molar-refractivity contribution < 1.29 is 4.42 Å². The number of aromatic nitrogens is 5. The minimum absolute atomic E-state index is 0.421. The van der Waals surface area contributed by atoms with Gasteiger partial charge in [0.25, 0.3) is 0 Å². The number of para-hydroxylation sites is 2. The van der Waals surface area contributed by atoms with Gasteiger partial charge in [0.2, 0.25) is 5.71 Å². The van der Waals surface area contributed by atoms with Crippen LogP contribution in [-0.4, -0.2) is 24.5 Å². The number of rotatable bonds is 5. The SMILES string of the molecule is N#Cc1c(-c2ccccn2)c(-c2ccccn2)c(-c2ccccn2)c(-n2c3ccccc3c3c4ccccc4oc32)c1-c1ccccn1. The van der Waals surface area contributed by atoms with Gasteiger partial charge in [0.05, 0.1) is 44.9 Å². The van der Waals surface area contributed by atoms with Crippen molar-refractivity contribution in [3.63, 3.8) is 0 Å². The largest absolute Gasteiger partial charge is 0.439 e. The van der Waals surface area contributed by atoms with E-state index in [2.05, 4.69) is 28.8 Å². The molecular weight excluding hydrogens is 592 g/mol. The molecule has 0 bridgehead atoms. The van der Waals surface area contributed by atoms with Crippen molar-refractivity contribution in [1.29, 1.82) is 5.26 Å². The molecule has 6 aromatic heterocycles. The van der Waals surface area contributed by atoms with Gasteiger partial charge in [-0.05, 0) is 60.7 Å². The minimum atomic E-state index is 0.421. The molecule has 9 rings (SSSR count). The van der Waals surface area contributed by atoms with Gasteiger partial charge in [0, 0.05) is 57.8 Å². The van der Waals surface area contributed by atoms with Gasteiger partial charge in [-0.2, -0.15) is 5.26 Å². The molecule has 3 aromatic carbocycles. The second-order valence-corrected chi connectivity index (χ2v) is 11.3. The molecule has 0 amide bonds. The number of pyridine rings is 4. The Morgan fingerprint density at radius 3 is 1.58 bits per heavy atom. The van der Waals surface area contributed by atoms with Crippen molar-refractivity contribution in [3.8, 4) is 56.8 Å². The van der Waals surface area contributed by atoms with Crippen LogP contribution in [-0.2, 0) is 0 Å². The fraction of sp³-hybridized carbons (Fsp3) is 0. The van der Waals surface area contributed by atoms with E-state index in [1.807, 2.05) is 103 Å². The van der Waals surface area contributed by atoms with E-state index in [9.17, 15) is 5.26 Å². The van der Waals surface area contributed by atoms with Gasteiger partial charge in [-0.1, -0.05) is 60.7 Å². The lowest BCUT2D eigenvalue weighted by Gasteiger charge is -2.25. The zero-order chi connectivity index (χ0) is 32.0. The Morgan fingerprint density at radius 2 is 1.00 bits per heavy atom. The van der Waals surface area contributed by atoms with Gasteiger partial charge in [-0.25, -0.2) is 0 Å². The van der Waals surface area contributed by atoms with E-state index >= 15 is 0 Å². The molecule has 0 N–H and O–H groups in total. The number of hydrogen-bond donors (Lipinski definition) is 0. The predicted molar refractivity (Wildman–Crippen MR) is 188 cm³/mol. The molecule has 0 saturated carbocycles. The Morgan fingerprint density at radius 1 is 0.500 bits per heavy atom. The normalized spacial score (nSPS) is 11.3. The highest BCUT2D eigenvalue weighted by molar-refractivity contribution is 6.21. The topological polar surface area (TPSA) is 93.4 Å². The van der Waals surface area contributed by atoms with Gasteiger partial charge in [-0.15, -0.1) is 0 Å². The third-order valence-electron chi connectivity index (χ3n) is 8.69. The van der Waals surface area contributed by atoms with E-state index in [4.69, 9.17) is 24.4 Å². The van der Waals surface area contributed by atoms with Crippen molar-refractivity contribution in [3.05, 3.63) is 152 Å². The summed E-state index contributed by atoms with van der Waals surface area (Å²) in [6.07, 6.45) is 7.04. The van der Waals surface area contributed by atoms with Gasteiger partial charge >= 0.3 is 0 Å². The predicted octanol–water partition coefficient (Wildman–Crippen LogP) is 9.65. The lowest BCUT2D eigenvalue weighted by molar-refractivity contribution is 0.645. The first-order valence-corrected chi connectivity index (χ1v) is 15.5. The molecule has 0 aliphatic carbocycles. The Hall–Kier alpha value is -6.91. The maximum absolute atomic E-state index is 11.2. The maximum atomic E-state index is 11.2. The van der Waals surface area contributed by atoms with Crippen LogP contribution >= 0.6 is 0 Å². The first kappa shape index (κ1) is 27.4. The fourth-order valence-corrected chi connectivity index (χ4v) is 6.79. The molecule has 0 saturated heterocycles. The van der Waals surface area contributed by atoms with Crippen molar-refractivity contribution in [2.75, 3.05) is 0 Å². The summed E-state index contributed by atoms with van der Waals surface area (Å²) >= 11 is 0. The summed E-state index contributed by atoms with van der Waals surface area (Å²) in [6, 6.07) is 42.1. The molecular formula is C41H24N6O. The second-order valence-electron chi connectivity index (χ2n) is 11.3. The summed E-state index contributed by atoms with van der Waals surface area (Å²) in [5, 5.41) is 14.3. The van der Waals surface area contributed by atoms with Crippen LogP contribution in [0.1, 0.15) is 5.56 Å². The smallest absolute Gasteiger partial charge is 0.213 e. The lowest BCUT2D eigenvalue weighted by Crippen LogP contribution is -2.09. The summed E-state index contributed by atoms with van der Waals surface area (Å²) in [7, 11) is 0. The van der Waals surface area contributed by atoms with E-state index in [0.29, 0.717) is 45.2 Å². The van der Waals surface area contributed by atoms with Gasteiger partial charge in [-0.3, -0.25) is 24.5 Å². The molecule has 0 fully saturated rings. The molecule has 0 aliphatic heterocycles. The molecule has 0 radical (unpaired) electrons. The number of benzene rings is 3. The van der Waals surface area contributed by atoms with Crippen LogP contribution < -0.4 is 0 Å². The van der Waals surface area contributed by atoms with Gasteiger partial charge in [0.15, 0.2) is 0 Å². The first-order valence-electron chi connectivity index (χ1n) is 15.5. The standard InChI is InChI=1S/C41H24N6O/c42-25-28-36(29-15-5-9-21-43-29)38(31-17-7-11-23-45-31)39(32-18-8-12-24-46-32)40(37(28)30-16-6-10-22-44-30)47-33-19-3-1-13-26(33)35-27-14-2-4-20-34(27)48-41(35)47/h1-24H. The molecule has 0 atom stereocenters. The van der Waals surface area contributed by atoms with Gasteiger partial charge < -0.3 is 4.42 Å². The molecule has 7 nitrogen and oxygen atoms in total. The number of fused-ring (bicyclic) bond motifs is 5. The second kappa shape index (κ2) is 11.2. The van der Waals surface area contributed by atoms with Crippen LogP contribution in [0, 0.1) is 11.3 Å². The highest BCUT2D eigenvalue weighted by Gasteiger charge is 2.33. The molecule has 224 valence electrons. The molecule has 48 heavy (non-hydrogen) atoms. The van der Waals surface area contributed by atoms with E-state index < -0.39 is 0 Å². The van der Waals surface area contributed by atoms with E-state index in [1.165, 1.54) is 0 Å². The maximum Gasteiger partial charge on any atom is 0.213 e. The zero-order valence-corrected chi connectivity index (χ0v) is 25.4. The number of nitrogens with zero attached hydrogens (tertiary/aromatic N) is 6. The number of hydrogen-bond acceptors (Lipinski definition) is 6. The van der Waals surface area contributed by atoms with Crippen LogP contribution in [0.3, 0.4) is 0 Å². The Balaban J connectivity index is 1.61. The van der Waals surface area contributed by atoms with E-state index in [0.717, 1.165) is 44.1 Å². The molecule has 9 aromatic rings. The molecule has 0 spiro atoms. The highest BCUT2D eigenvalue weighted by Crippen LogP contribution is 2.51. The number of nitriles is 1. The average molecular weight is 617 g/mol. The third-order valence-corrected chi connectivity index (χ3v) is 8.69. The summed E-state index contributed by atoms with van der Waals surface area (Å²) in [6.45, 7) is 0. The zero-order valence-electron chi connectivity index (χ0n) is 25.4. The third kappa shape index (κ3) is 4.14. The molecule has 6 heterocycles. The Bertz CT molecular complexity index is 2660. The van der Waals surface area contributed by atoms with Crippen molar-refractivity contribution >= 4 is 33.0 Å². The molecule has 7 heteroatoms. The minimum Gasteiger partial charge on any atom is -0.439 e. The average Bonchev–Trinajstić information content (AvgIpc) is 3.70.